The van der Waals surface area contributed by atoms with Crippen LogP contribution in [0.4, 0.5) is 13.2 Å². The molecule has 1 amide bonds. The summed E-state index contributed by atoms with van der Waals surface area (Å²) in [6, 6.07) is -0.496. The SMILES string of the molecule is O=C1CCC(CNC2CCCCC2C(F)(F)F)N1. The molecule has 2 aliphatic rings. The lowest BCUT2D eigenvalue weighted by molar-refractivity contribution is -0.189. The monoisotopic (exact) mass is 264 g/mol. The molecular formula is C12H19F3N2O. The van der Waals surface area contributed by atoms with Crippen LogP contribution in [0.25, 0.3) is 0 Å². The molecule has 18 heavy (non-hydrogen) atoms. The van der Waals surface area contributed by atoms with Crippen LogP contribution in [0.3, 0.4) is 0 Å². The molecule has 1 aliphatic carbocycles. The van der Waals surface area contributed by atoms with Crippen molar-refractivity contribution in [2.45, 2.75) is 56.8 Å². The Labute approximate surface area is 104 Å². The van der Waals surface area contributed by atoms with Crippen molar-refractivity contribution < 1.29 is 18.0 Å². The zero-order valence-electron chi connectivity index (χ0n) is 10.2. The Morgan fingerprint density at radius 3 is 2.56 bits per heavy atom. The second-order valence-electron chi connectivity index (χ2n) is 5.25. The minimum absolute atomic E-state index is 0.00202. The zero-order valence-corrected chi connectivity index (χ0v) is 10.2. The maximum absolute atomic E-state index is 12.8. The van der Waals surface area contributed by atoms with Crippen LogP contribution in [0.2, 0.25) is 0 Å². The van der Waals surface area contributed by atoms with Gasteiger partial charge in [-0.25, -0.2) is 0 Å². The molecule has 0 aromatic rings. The summed E-state index contributed by atoms with van der Waals surface area (Å²) in [5, 5.41) is 5.77. The van der Waals surface area contributed by atoms with Gasteiger partial charge in [0.05, 0.1) is 5.92 Å². The van der Waals surface area contributed by atoms with E-state index in [4.69, 9.17) is 0 Å². The minimum atomic E-state index is -4.11. The summed E-state index contributed by atoms with van der Waals surface area (Å²) in [5.74, 6) is -1.24. The molecule has 2 rings (SSSR count). The normalized spacial score (nSPS) is 33.5. The van der Waals surface area contributed by atoms with E-state index in [-0.39, 0.29) is 18.4 Å². The fourth-order valence-electron chi connectivity index (χ4n) is 2.89. The molecule has 1 saturated carbocycles. The predicted molar refractivity (Wildman–Crippen MR) is 61.0 cm³/mol. The van der Waals surface area contributed by atoms with Crippen LogP contribution in [-0.4, -0.2) is 30.7 Å². The Morgan fingerprint density at radius 2 is 1.94 bits per heavy atom. The molecule has 0 aromatic carbocycles. The number of rotatable bonds is 3. The van der Waals surface area contributed by atoms with E-state index >= 15 is 0 Å². The van der Waals surface area contributed by atoms with Crippen LogP contribution in [0.1, 0.15) is 38.5 Å². The molecule has 104 valence electrons. The molecule has 6 heteroatoms. The van der Waals surface area contributed by atoms with Gasteiger partial charge in [0.25, 0.3) is 0 Å². The lowest BCUT2D eigenvalue weighted by Crippen LogP contribution is -2.49. The lowest BCUT2D eigenvalue weighted by Gasteiger charge is -2.34. The number of halogens is 3. The molecule has 1 heterocycles. The summed E-state index contributed by atoms with van der Waals surface area (Å²) in [6.45, 7) is 0.447. The van der Waals surface area contributed by atoms with Gasteiger partial charge >= 0.3 is 6.18 Å². The van der Waals surface area contributed by atoms with E-state index in [0.717, 1.165) is 12.8 Å². The average molecular weight is 264 g/mol. The van der Waals surface area contributed by atoms with Crippen molar-refractivity contribution in [3.8, 4) is 0 Å². The second-order valence-corrected chi connectivity index (χ2v) is 5.25. The maximum atomic E-state index is 12.8. The summed E-state index contributed by atoms with van der Waals surface area (Å²) < 4.78 is 38.5. The van der Waals surface area contributed by atoms with Gasteiger partial charge in [0.2, 0.25) is 5.91 Å². The number of amides is 1. The highest BCUT2D eigenvalue weighted by molar-refractivity contribution is 5.78. The lowest BCUT2D eigenvalue weighted by atomic mass is 9.84. The van der Waals surface area contributed by atoms with Crippen molar-refractivity contribution in [1.82, 2.24) is 10.6 Å². The van der Waals surface area contributed by atoms with Gasteiger partial charge in [-0.05, 0) is 19.3 Å². The molecule has 3 unspecified atom stereocenters. The van der Waals surface area contributed by atoms with Gasteiger partial charge in [0.1, 0.15) is 0 Å². The Morgan fingerprint density at radius 1 is 1.22 bits per heavy atom. The summed E-state index contributed by atoms with van der Waals surface area (Å²) in [5.41, 5.74) is 0. The van der Waals surface area contributed by atoms with E-state index in [2.05, 4.69) is 10.6 Å². The zero-order chi connectivity index (χ0) is 13.2. The first kappa shape index (κ1) is 13.6. The molecule has 3 atom stereocenters. The third-order valence-electron chi connectivity index (χ3n) is 3.90. The molecule has 3 nitrogen and oxygen atoms in total. The number of carbonyl (C=O) groups excluding carboxylic acids is 1. The minimum Gasteiger partial charge on any atom is -0.352 e. The van der Waals surface area contributed by atoms with Gasteiger partial charge < -0.3 is 10.6 Å². The molecule has 0 spiro atoms. The van der Waals surface area contributed by atoms with Crippen LogP contribution < -0.4 is 10.6 Å². The number of carbonyl (C=O) groups is 1. The summed E-state index contributed by atoms with van der Waals surface area (Å²) >= 11 is 0. The van der Waals surface area contributed by atoms with E-state index < -0.39 is 18.1 Å². The summed E-state index contributed by atoms with van der Waals surface area (Å²) in [7, 11) is 0. The standard InChI is InChI=1S/C12H19F3N2O/c13-12(14,15)9-3-1-2-4-10(9)16-7-8-5-6-11(18)17-8/h8-10,16H,1-7H2,(H,17,18). The molecule has 2 N–H and O–H groups in total. The first-order chi connectivity index (χ1) is 8.47. The van der Waals surface area contributed by atoms with Crippen LogP contribution >= 0.6 is 0 Å². The van der Waals surface area contributed by atoms with E-state index in [1.165, 1.54) is 0 Å². The summed E-state index contributed by atoms with van der Waals surface area (Å²) in [6.07, 6.45) is -0.612. The predicted octanol–water partition coefficient (Wildman–Crippen LogP) is 1.98. The van der Waals surface area contributed by atoms with Gasteiger partial charge in [0, 0.05) is 25.0 Å². The third kappa shape index (κ3) is 3.37. The van der Waals surface area contributed by atoms with E-state index in [1.54, 1.807) is 0 Å². The first-order valence-electron chi connectivity index (χ1n) is 6.56. The quantitative estimate of drug-likeness (QED) is 0.818. The number of hydrogen-bond donors (Lipinski definition) is 2. The largest absolute Gasteiger partial charge is 0.393 e. The molecular weight excluding hydrogens is 245 g/mol. The Kier molecular flexibility index (Phi) is 4.14. The fraction of sp³-hybridized carbons (Fsp3) is 0.917. The van der Waals surface area contributed by atoms with Crippen molar-refractivity contribution in [3.05, 3.63) is 0 Å². The Bertz CT molecular complexity index is 306. The molecule has 1 saturated heterocycles. The van der Waals surface area contributed by atoms with E-state index in [9.17, 15) is 18.0 Å². The Hall–Kier alpha value is -0.780. The molecule has 1 aliphatic heterocycles. The average Bonchev–Trinajstić information content (AvgIpc) is 2.72. The van der Waals surface area contributed by atoms with Crippen LogP contribution in [0.5, 0.6) is 0 Å². The van der Waals surface area contributed by atoms with Crippen molar-refractivity contribution in [1.29, 1.82) is 0 Å². The van der Waals surface area contributed by atoms with E-state index in [1.807, 2.05) is 0 Å². The van der Waals surface area contributed by atoms with Crippen molar-refractivity contribution in [2.24, 2.45) is 5.92 Å². The van der Waals surface area contributed by atoms with Crippen LogP contribution in [0.15, 0.2) is 0 Å². The van der Waals surface area contributed by atoms with Crippen LogP contribution in [0, 0.1) is 5.92 Å². The topological polar surface area (TPSA) is 41.1 Å². The highest BCUT2D eigenvalue weighted by Crippen LogP contribution is 2.37. The second kappa shape index (κ2) is 5.47. The van der Waals surface area contributed by atoms with Crippen molar-refractivity contribution in [2.75, 3.05) is 6.54 Å². The fourth-order valence-corrected chi connectivity index (χ4v) is 2.89. The van der Waals surface area contributed by atoms with Gasteiger partial charge in [-0.1, -0.05) is 12.8 Å². The van der Waals surface area contributed by atoms with Gasteiger partial charge in [0.15, 0.2) is 0 Å². The van der Waals surface area contributed by atoms with Crippen molar-refractivity contribution >= 4 is 5.91 Å². The van der Waals surface area contributed by atoms with E-state index in [0.29, 0.717) is 25.8 Å². The number of hydrogen-bond acceptors (Lipinski definition) is 2. The summed E-state index contributed by atoms with van der Waals surface area (Å²) in [4.78, 5) is 11.0. The van der Waals surface area contributed by atoms with Gasteiger partial charge in [-0.3, -0.25) is 4.79 Å². The van der Waals surface area contributed by atoms with Crippen molar-refractivity contribution in [3.63, 3.8) is 0 Å². The molecule has 0 bridgehead atoms. The van der Waals surface area contributed by atoms with Crippen LogP contribution in [-0.2, 0) is 4.79 Å². The Balaban J connectivity index is 1.84. The first-order valence-corrected chi connectivity index (χ1v) is 6.56. The number of alkyl halides is 3. The molecule has 0 aromatic heterocycles. The van der Waals surface area contributed by atoms with Gasteiger partial charge in [-0.2, -0.15) is 13.2 Å². The smallest absolute Gasteiger partial charge is 0.352 e. The number of nitrogens with one attached hydrogen (secondary N) is 2. The van der Waals surface area contributed by atoms with Gasteiger partial charge in [-0.15, -0.1) is 0 Å². The molecule has 0 radical (unpaired) electrons. The highest BCUT2D eigenvalue weighted by atomic mass is 19.4. The maximum Gasteiger partial charge on any atom is 0.393 e. The third-order valence-corrected chi connectivity index (χ3v) is 3.90. The molecule has 2 fully saturated rings. The highest BCUT2D eigenvalue weighted by Gasteiger charge is 2.45.